The van der Waals surface area contributed by atoms with Gasteiger partial charge in [-0.15, -0.1) is 0 Å². The molecule has 0 unspecified atom stereocenters. The summed E-state index contributed by atoms with van der Waals surface area (Å²) in [5, 5.41) is 3.20. The molecule has 5 heteroatoms. The summed E-state index contributed by atoms with van der Waals surface area (Å²) in [6.07, 6.45) is 6.60. The van der Waals surface area contributed by atoms with Crippen molar-refractivity contribution in [1.29, 1.82) is 0 Å². The maximum atomic E-state index is 12.4. The molecule has 0 aromatic carbocycles. The maximum Gasteiger partial charge on any atom is 0.287 e. The summed E-state index contributed by atoms with van der Waals surface area (Å²) in [4.78, 5) is 12.4. The Labute approximate surface area is 130 Å². The van der Waals surface area contributed by atoms with Crippen LogP contribution in [0.4, 0.5) is 0 Å². The van der Waals surface area contributed by atoms with Crippen molar-refractivity contribution in [3.8, 4) is 5.95 Å². The fraction of sp³-hybridized carbons (Fsp3) is 0.706. The summed E-state index contributed by atoms with van der Waals surface area (Å²) < 4.78 is 16.3. The Kier molecular flexibility index (Phi) is 3.60. The van der Waals surface area contributed by atoms with Crippen LogP contribution in [0.15, 0.2) is 16.5 Å². The Morgan fingerprint density at radius 1 is 1.27 bits per heavy atom. The van der Waals surface area contributed by atoms with E-state index in [1.54, 1.807) is 12.1 Å². The van der Waals surface area contributed by atoms with E-state index in [4.69, 9.17) is 13.9 Å². The van der Waals surface area contributed by atoms with Crippen molar-refractivity contribution in [3.05, 3.63) is 17.9 Å². The molecule has 3 fully saturated rings. The topological polar surface area (TPSA) is 60.7 Å². The number of carbonyl (C=O) groups excluding carboxylic acids is 1. The van der Waals surface area contributed by atoms with Gasteiger partial charge in [0.1, 0.15) is 0 Å². The van der Waals surface area contributed by atoms with E-state index >= 15 is 0 Å². The number of ether oxygens (including phenoxy) is 2. The molecule has 3 aliphatic rings. The van der Waals surface area contributed by atoms with E-state index in [1.165, 1.54) is 32.8 Å². The maximum absolute atomic E-state index is 12.4. The molecule has 2 aliphatic carbocycles. The highest BCUT2D eigenvalue weighted by molar-refractivity contribution is 5.92. The second-order valence-corrected chi connectivity index (χ2v) is 6.73. The van der Waals surface area contributed by atoms with Crippen LogP contribution in [0.1, 0.15) is 42.7 Å². The number of carbonyl (C=O) groups is 1. The predicted octanol–water partition coefficient (Wildman–Crippen LogP) is 2.61. The molecule has 0 spiro atoms. The van der Waals surface area contributed by atoms with Gasteiger partial charge in [0, 0.05) is 30.6 Å². The van der Waals surface area contributed by atoms with Crippen molar-refractivity contribution in [1.82, 2.24) is 5.32 Å². The Morgan fingerprint density at radius 2 is 2.09 bits per heavy atom. The molecule has 22 heavy (non-hydrogen) atoms. The van der Waals surface area contributed by atoms with Crippen LogP contribution in [0.5, 0.6) is 5.95 Å². The SMILES string of the molecule is COc1ccc(C(=O)N[C@H]2[C@H]3CCO[C@H]3[C@H]2C2CCCC2)o1. The summed E-state index contributed by atoms with van der Waals surface area (Å²) >= 11 is 0. The first-order valence-corrected chi connectivity index (χ1v) is 8.34. The van der Waals surface area contributed by atoms with Crippen LogP contribution < -0.4 is 10.1 Å². The fourth-order valence-corrected chi connectivity index (χ4v) is 4.63. The molecule has 1 aliphatic heterocycles. The number of rotatable bonds is 4. The van der Waals surface area contributed by atoms with Gasteiger partial charge in [-0.25, -0.2) is 0 Å². The highest BCUT2D eigenvalue weighted by Crippen LogP contribution is 2.51. The summed E-state index contributed by atoms with van der Waals surface area (Å²) in [6.45, 7) is 0.833. The molecule has 1 amide bonds. The van der Waals surface area contributed by atoms with Crippen molar-refractivity contribution < 1.29 is 18.7 Å². The molecule has 4 atom stereocenters. The molecule has 1 N–H and O–H groups in total. The van der Waals surface area contributed by atoms with Gasteiger partial charge in [-0.05, 0) is 18.4 Å². The van der Waals surface area contributed by atoms with Gasteiger partial charge >= 0.3 is 0 Å². The third kappa shape index (κ3) is 2.22. The van der Waals surface area contributed by atoms with Gasteiger partial charge in [0.15, 0.2) is 5.76 Å². The number of fused-ring (bicyclic) bond motifs is 1. The minimum Gasteiger partial charge on any atom is -0.468 e. The van der Waals surface area contributed by atoms with Crippen LogP contribution in [0.25, 0.3) is 0 Å². The average molecular weight is 305 g/mol. The molecular weight excluding hydrogens is 282 g/mol. The van der Waals surface area contributed by atoms with Crippen LogP contribution in [-0.2, 0) is 4.74 Å². The minimum atomic E-state index is -0.137. The molecule has 1 aromatic heterocycles. The summed E-state index contributed by atoms with van der Waals surface area (Å²) in [6, 6.07) is 3.57. The average Bonchev–Trinajstić information content (AvgIpc) is 3.26. The van der Waals surface area contributed by atoms with E-state index in [-0.39, 0.29) is 11.9 Å². The smallest absolute Gasteiger partial charge is 0.287 e. The Balaban J connectivity index is 1.46. The Bertz CT molecular complexity index is 544. The van der Waals surface area contributed by atoms with Crippen molar-refractivity contribution >= 4 is 5.91 Å². The van der Waals surface area contributed by atoms with E-state index in [2.05, 4.69) is 5.32 Å². The van der Waals surface area contributed by atoms with Crippen molar-refractivity contribution in [2.45, 2.75) is 44.2 Å². The molecule has 0 radical (unpaired) electrons. The van der Waals surface area contributed by atoms with E-state index in [0.717, 1.165) is 13.0 Å². The lowest BCUT2D eigenvalue weighted by atomic mass is 9.61. The van der Waals surface area contributed by atoms with Crippen LogP contribution in [0.3, 0.4) is 0 Å². The lowest BCUT2D eigenvalue weighted by Gasteiger charge is -2.50. The number of methoxy groups -OCH3 is 1. The van der Waals surface area contributed by atoms with Crippen LogP contribution in [-0.4, -0.2) is 31.8 Å². The molecule has 1 saturated heterocycles. The molecule has 4 rings (SSSR count). The number of nitrogens with one attached hydrogen (secondary N) is 1. The third-order valence-electron chi connectivity index (χ3n) is 5.69. The second kappa shape index (κ2) is 5.61. The first-order chi connectivity index (χ1) is 10.8. The molecule has 120 valence electrons. The normalized spacial score (nSPS) is 34.2. The van der Waals surface area contributed by atoms with Gasteiger partial charge in [-0.3, -0.25) is 4.79 Å². The van der Waals surface area contributed by atoms with Gasteiger partial charge < -0.3 is 19.2 Å². The lowest BCUT2D eigenvalue weighted by molar-refractivity contribution is -0.0786. The number of amides is 1. The zero-order chi connectivity index (χ0) is 15.1. The predicted molar refractivity (Wildman–Crippen MR) is 79.8 cm³/mol. The number of hydrogen-bond donors (Lipinski definition) is 1. The fourth-order valence-electron chi connectivity index (χ4n) is 4.63. The van der Waals surface area contributed by atoms with E-state index in [9.17, 15) is 4.79 Å². The second-order valence-electron chi connectivity index (χ2n) is 6.73. The molecule has 0 bridgehead atoms. The van der Waals surface area contributed by atoms with Gasteiger partial charge in [0.2, 0.25) is 0 Å². The molecular formula is C17H23NO4. The molecule has 5 nitrogen and oxygen atoms in total. The van der Waals surface area contributed by atoms with E-state index in [1.807, 2.05) is 0 Å². The van der Waals surface area contributed by atoms with Crippen LogP contribution in [0, 0.1) is 17.8 Å². The summed E-state index contributed by atoms with van der Waals surface area (Å²) in [5.41, 5.74) is 0. The number of furan rings is 1. The highest BCUT2D eigenvalue weighted by Gasteiger charge is 2.57. The lowest BCUT2D eigenvalue weighted by Crippen LogP contribution is -2.63. The van der Waals surface area contributed by atoms with Gasteiger partial charge in [0.25, 0.3) is 11.9 Å². The highest BCUT2D eigenvalue weighted by atomic mass is 16.6. The molecule has 2 saturated carbocycles. The quantitative estimate of drug-likeness (QED) is 0.929. The first-order valence-electron chi connectivity index (χ1n) is 8.34. The molecule has 2 heterocycles. The minimum absolute atomic E-state index is 0.137. The van der Waals surface area contributed by atoms with Gasteiger partial charge in [-0.1, -0.05) is 25.7 Å². The van der Waals surface area contributed by atoms with Gasteiger partial charge in [-0.2, -0.15) is 0 Å². The first kappa shape index (κ1) is 14.1. The van der Waals surface area contributed by atoms with Crippen LogP contribution >= 0.6 is 0 Å². The van der Waals surface area contributed by atoms with Crippen molar-refractivity contribution in [3.63, 3.8) is 0 Å². The summed E-state index contributed by atoms with van der Waals surface area (Å²) in [5.74, 6) is 2.22. The largest absolute Gasteiger partial charge is 0.468 e. The van der Waals surface area contributed by atoms with Crippen molar-refractivity contribution in [2.75, 3.05) is 13.7 Å². The van der Waals surface area contributed by atoms with E-state index < -0.39 is 0 Å². The van der Waals surface area contributed by atoms with Gasteiger partial charge in [0.05, 0.1) is 13.2 Å². The molecule has 1 aromatic rings. The Morgan fingerprint density at radius 3 is 2.82 bits per heavy atom. The zero-order valence-corrected chi connectivity index (χ0v) is 12.9. The van der Waals surface area contributed by atoms with E-state index in [0.29, 0.717) is 35.6 Å². The monoisotopic (exact) mass is 305 g/mol. The number of hydrogen-bond acceptors (Lipinski definition) is 4. The van der Waals surface area contributed by atoms with Crippen molar-refractivity contribution in [2.24, 2.45) is 17.8 Å². The Hall–Kier alpha value is -1.49. The van der Waals surface area contributed by atoms with Crippen LogP contribution in [0.2, 0.25) is 0 Å². The third-order valence-corrected chi connectivity index (χ3v) is 5.69. The standard InChI is InChI=1S/C17H23NO4/c1-20-13-7-6-12(22-13)17(19)18-15-11-8-9-21-16(11)14(15)10-4-2-3-5-10/h6-7,10-11,14-16H,2-5,8-9H2,1H3,(H,18,19)/t11-,14+,15+,16-/m1/s1. The zero-order valence-electron chi connectivity index (χ0n) is 12.9. The summed E-state index contributed by atoms with van der Waals surface area (Å²) in [7, 11) is 1.53.